The molecule has 0 radical (unpaired) electrons. The lowest BCUT2D eigenvalue weighted by molar-refractivity contribution is 1.70. The van der Waals surface area contributed by atoms with E-state index in [4.69, 9.17) is 0 Å². The molecule has 0 unspecified atom stereocenters. The topological polar surface area (TPSA) is 0 Å². The van der Waals surface area contributed by atoms with Crippen LogP contribution in [0.3, 0.4) is 0 Å². The van der Waals surface area contributed by atoms with Crippen molar-refractivity contribution >= 4 is 75.4 Å². The summed E-state index contributed by atoms with van der Waals surface area (Å²) >= 11 is 0. The quantitative estimate of drug-likeness (QED) is 0.147. The second-order valence-electron chi connectivity index (χ2n) is 12.0. The zero-order chi connectivity index (χ0) is 28.8. The van der Waals surface area contributed by atoms with Crippen molar-refractivity contribution < 1.29 is 0 Å². The van der Waals surface area contributed by atoms with Gasteiger partial charge in [-0.25, -0.2) is 0 Å². The standard InChI is InChI=1S/C44H26/c1-2-10-32-26-33(19-16-27(32)8-1)41-35-14-5-6-15-36(35)44(43-34-13-4-3-9-28(34)20-25-39(41)43)38-24-22-31-18-17-29-11-7-12-30-21-23-37(38)42(31)40(29)30/h1-26H. The number of hydrogen-bond acceptors (Lipinski definition) is 0. The molecular formula is C44H26. The normalized spacial score (nSPS) is 12.1. The van der Waals surface area contributed by atoms with Gasteiger partial charge in [0.1, 0.15) is 0 Å². The Labute approximate surface area is 254 Å². The first-order chi connectivity index (χ1) is 21.8. The first-order valence-corrected chi connectivity index (χ1v) is 15.4. The van der Waals surface area contributed by atoms with E-state index < -0.39 is 0 Å². The minimum Gasteiger partial charge on any atom is -0.0616 e. The molecule has 0 bridgehead atoms. The molecule has 202 valence electrons. The van der Waals surface area contributed by atoms with Crippen LogP contribution in [-0.4, -0.2) is 0 Å². The lowest BCUT2D eigenvalue weighted by Gasteiger charge is -2.21. The van der Waals surface area contributed by atoms with Crippen molar-refractivity contribution in [1.29, 1.82) is 0 Å². The van der Waals surface area contributed by atoms with Crippen molar-refractivity contribution in [2.45, 2.75) is 0 Å². The van der Waals surface area contributed by atoms with Crippen molar-refractivity contribution in [3.63, 3.8) is 0 Å². The van der Waals surface area contributed by atoms with Crippen LogP contribution in [0.1, 0.15) is 0 Å². The molecule has 0 aromatic heterocycles. The average Bonchev–Trinajstić information content (AvgIpc) is 3.09. The summed E-state index contributed by atoms with van der Waals surface area (Å²) in [5.74, 6) is 0. The van der Waals surface area contributed by atoms with Crippen LogP contribution in [0.25, 0.3) is 97.7 Å². The van der Waals surface area contributed by atoms with E-state index in [1.54, 1.807) is 0 Å². The predicted octanol–water partition coefficient (Wildman–Crippen LogP) is 12.5. The second-order valence-corrected chi connectivity index (χ2v) is 12.0. The molecular weight excluding hydrogens is 528 g/mol. The van der Waals surface area contributed by atoms with Gasteiger partial charge in [0.25, 0.3) is 0 Å². The maximum atomic E-state index is 2.36. The monoisotopic (exact) mass is 554 g/mol. The van der Waals surface area contributed by atoms with E-state index in [0.717, 1.165) is 0 Å². The fourth-order valence-corrected chi connectivity index (χ4v) is 7.84. The summed E-state index contributed by atoms with van der Waals surface area (Å²) in [6.07, 6.45) is 0. The van der Waals surface area contributed by atoms with Crippen LogP contribution in [0.15, 0.2) is 158 Å². The largest absolute Gasteiger partial charge is 0.0616 e. The third-order valence-electron chi connectivity index (χ3n) is 9.75. The highest BCUT2D eigenvalue weighted by molar-refractivity contribution is 6.32. The first kappa shape index (κ1) is 23.8. The summed E-state index contributed by atoms with van der Waals surface area (Å²) in [5, 5.41) is 18.2. The van der Waals surface area contributed by atoms with E-state index in [-0.39, 0.29) is 0 Å². The molecule has 0 amide bonds. The molecule has 0 spiro atoms. The zero-order valence-electron chi connectivity index (χ0n) is 24.0. The highest BCUT2D eigenvalue weighted by Gasteiger charge is 2.21. The number of hydrogen-bond donors (Lipinski definition) is 0. The van der Waals surface area contributed by atoms with Gasteiger partial charge in [0, 0.05) is 0 Å². The van der Waals surface area contributed by atoms with Gasteiger partial charge in [-0.05, 0) is 104 Å². The van der Waals surface area contributed by atoms with Gasteiger partial charge in [-0.3, -0.25) is 0 Å². The highest BCUT2D eigenvalue weighted by atomic mass is 14.2. The van der Waals surface area contributed by atoms with Crippen molar-refractivity contribution in [1.82, 2.24) is 0 Å². The molecule has 0 aliphatic rings. The molecule has 0 atom stereocenters. The van der Waals surface area contributed by atoms with Gasteiger partial charge in [0.15, 0.2) is 0 Å². The SMILES string of the molecule is c1ccc2cc(-c3c4ccccc4c(-c4ccc5ccc6cccc7ccc4c5c67)c4c3ccc3ccccc34)ccc2c1. The van der Waals surface area contributed by atoms with Gasteiger partial charge in [-0.2, -0.15) is 0 Å². The average molecular weight is 555 g/mol. The number of benzene rings is 10. The molecule has 0 saturated carbocycles. The van der Waals surface area contributed by atoms with E-state index in [1.807, 2.05) is 0 Å². The summed E-state index contributed by atoms with van der Waals surface area (Å²) in [4.78, 5) is 0. The van der Waals surface area contributed by atoms with Crippen LogP contribution in [0.4, 0.5) is 0 Å². The zero-order valence-corrected chi connectivity index (χ0v) is 24.0. The molecule has 0 fully saturated rings. The summed E-state index contributed by atoms with van der Waals surface area (Å²) in [6.45, 7) is 0. The molecule has 0 nitrogen and oxygen atoms in total. The predicted molar refractivity (Wildman–Crippen MR) is 191 cm³/mol. The van der Waals surface area contributed by atoms with E-state index in [0.29, 0.717) is 0 Å². The summed E-state index contributed by atoms with van der Waals surface area (Å²) in [6, 6.07) is 58.7. The summed E-state index contributed by atoms with van der Waals surface area (Å²) < 4.78 is 0. The molecule has 0 aliphatic heterocycles. The van der Waals surface area contributed by atoms with Gasteiger partial charge in [-0.15, -0.1) is 0 Å². The van der Waals surface area contributed by atoms with Gasteiger partial charge in [0.2, 0.25) is 0 Å². The molecule has 44 heavy (non-hydrogen) atoms. The molecule has 0 saturated heterocycles. The second kappa shape index (κ2) is 8.89. The Balaban J connectivity index is 1.43. The number of fused-ring (bicyclic) bond motifs is 5. The van der Waals surface area contributed by atoms with E-state index in [2.05, 4.69) is 158 Å². The summed E-state index contributed by atoms with van der Waals surface area (Å²) in [5.41, 5.74) is 5.16. The van der Waals surface area contributed by atoms with Crippen molar-refractivity contribution in [3.05, 3.63) is 158 Å². The smallest absolute Gasteiger partial charge is 0.00139 e. The molecule has 0 aliphatic carbocycles. The van der Waals surface area contributed by atoms with Gasteiger partial charge >= 0.3 is 0 Å². The molecule has 0 heteroatoms. The first-order valence-electron chi connectivity index (χ1n) is 15.4. The fraction of sp³-hybridized carbons (Fsp3) is 0. The minimum absolute atomic E-state index is 1.25. The molecule has 0 heterocycles. The number of rotatable bonds is 2. The Morgan fingerprint density at radius 1 is 0.250 bits per heavy atom. The fourth-order valence-electron chi connectivity index (χ4n) is 7.84. The third kappa shape index (κ3) is 3.23. The van der Waals surface area contributed by atoms with Crippen molar-refractivity contribution in [3.8, 4) is 22.3 Å². The molecule has 0 N–H and O–H groups in total. The Hall–Kier alpha value is -5.72. The van der Waals surface area contributed by atoms with E-state index in [1.165, 1.54) is 97.7 Å². The Morgan fingerprint density at radius 3 is 1.61 bits per heavy atom. The van der Waals surface area contributed by atoms with Crippen molar-refractivity contribution in [2.24, 2.45) is 0 Å². The maximum absolute atomic E-state index is 2.36. The lowest BCUT2D eigenvalue weighted by atomic mass is 9.82. The van der Waals surface area contributed by atoms with Crippen LogP contribution in [0.5, 0.6) is 0 Å². The van der Waals surface area contributed by atoms with Crippen LogP contribution < -0.4 is 0 Å². The van der Waals surface area contributed by atoms with Crippen LogP contribution in [0, 0.1) is 0 Å². The van der Waals surface area contributed by atoms with E-state index in [9.17, 15) is 0 Å². The van der Waals surface area contributed by atoms with Gasteiger partial charge in [0.05, 0.1) is 0 Å². The van der Waals surface area contributed by atoms with Crippen LogP contribution >= 0.6 is 0 Å². The minimum atomic E-state index is 1.25. The van der Waals surface area contributed by atoms with E-state index >= 15 is 0 Å². The van der Waals surface area contributed by atoms with Crippen LogP contribution in [0.2, 0.25) is 0 Å². The Bertz CT molecular complexity index is 2750. The lowest BCUT2D eigenvalue weighted by Crippen LogP contribution is -1.93. The van der Waals surface area contributed by atoms with Crippen molar-refractivity contribution in [2.75, 3.05) is 0 Å². The molecule has 10 rings (SSSR count). The molecule has 10 aromatic carbocycles. The summed E-state index contributed by atoms with van der Waals surface area (Å²) in [7, 11) is 0. The maximum Gasteiger partial charge on any atom is -0.00139 e. The third-order valence-corrected chi connectivity index (χ3v) is 9.75. The Kier molecular flexibility index (Phi) is 4.81. The molecule has 10 aromatic rings. The Morgan fingerprint density at radius 2 is 0.795 bits per heavy atom. The van der Waals surface area contributed by atoms with Gasteiger partial charge in [-0.1, -0.05) is 152 Å². The van der Waals surface area contributed by atoms with Crippen LogP contribution in [-0.2, 0) is 0 Å². The van der Waals surface area contributed by atoms with Gasteiger partial charge < -0.3 is 0 Å². The highest BCUT2D eigenvalue weighted by Crippen LogP contribution is 2.49.